The van der Waals surface area contributed by atoms with Crippen molar-refractivity contribution in [3.8, 4) is 39.5 Å². The number of hydrogen-bond acceptors (Lipinski definition) is 3. The van der Waals surface area contributed by atoms with Crippen LogP contribution in [-0.2, 0) is 26.5 Å². The molecule has 3 aromatic heterocycles. The zero-order chi connectivity index (χ0) is 39.0. The molecule has 0 aliphatic rings. The van der Waals surface area contributed by atoms with Gasteiger partial charge < -0.3 is 14.0 Å². The van der Waals surface area contributed by atoms with Crippen LogP contribution in [0, 0.1) is 32.1 Å². The molecule has 9 aromatic rings. The number of imidazole rings is 1. The van der Waals surface area contributed by atoms with Crippen LogP contribution in [0.5, 0.6) is 0 Å². The van der Waals surface area contributed by atoms with E-state index in [0.717, 1.165) is 56.8 Å². The molecule has 0 aliphatic carbocycles. The third-order valence-corrected chi connectivity index (χ3v) is 12.6. The number of fused-ring (bicyclic) bond motifs is 3. The fourth-order valence-corrected chi connectivity index (χ4v) is 9.48. The number of pyridine rings is 1. The zero-order valence-electron chi connectivity index (χ0n) is 33.6. The van der Waals surface area contributed by atoms with Crippen molar-refractivity contribution in [3.05, 3.63) is 169 Å². The molecular weight excluding hydrogens is 891 g/mol. The predicted molar refractivity (Wildman–Crippen MR) is 238 cm³/mol. The molecule has 6 aromatic carbocycles. The van der Waals surface area contributed by atoms with Crippen LogP contribution in [0.3, 0.4) is 0 Å². The molecule has 0 saturated carbocycles. The summed E-state index contributed by atoms with van der Waals surface area (Å²) >= 11 is 0. The molecule has 0 spiro atoms. The van der Waals surface area contributed by atoms with E-state index in [1.165, 1.54) is 43.8 Å². The van der Waals surface area contributed by atoms with Crippen molar-refractivity contribution in [1.82, 2.24) is 14.5 Å². The average molecular weight is 938 g/mol. The molecule has 3 heterocycles. The van der Waals surface area contributed by atoms with Gasteiger partial charge in [0.25, 0.3) is 0 Å². The summed E-state index contributed by atoms with van der Waals surface area (Å²) in [7, 11) is -1.34. The second-order valence-electron chi connectivity index (χ2n) is 16.2. The first-order valence-electron chi connectivity index (χ1n) is 19.5. The van der Waals surface area contributed by atoms with Gasteiger partial charge in [-0.1, -0.05) is 141 Å². The standard InChI is InChI=1S/C33H23N2O.C18H24NSi.Ir/c1-21-9-7-10-22(2)32(21)24-17-18-31-26(19-24)27(20-36-31)33-34-28-14-5-6-15-30(28)35(33)29-16-8-12-23-11-3-4-13-25(23)29;1-14(2)11-16-12-17(15-9-7-6-8-10-15)19-13-18(16)20(3,4)5;/h3-19H,1-2H3;6-9,12-14H,11H2,1-5H3;/q2*-1;. The molecule has 9 rings (SSSR count). The Hall–Kier alpha value is -5.39. The number of para-hydroxylation sites is 2. The topological polar surface area (TPSA) is 43.9 Å². The molecule has 0 N–H and O–H groups in total. The molecule has 0 unspecified atom stereocenters. The minimum Gasteiger partial charge on any atom is -0.557 e. The second kappa shape index (κ2) is 16.6. The van der Waals surface area contributed by atoms with Gasteiger partial charge in [0.15, 0.2) is 0 Å². The Balaban J connectivity index is 0.000000202. The molecule has 0 fully saturated rings. The second-order valence-corrected chi connectivity index (χ2v) is 21.2. The Morgan fingerprint density at radius 2 is 1.47 bits per heavy atom. The van der Waals surface area contributed by atoms with E-state index in [9.17, 15) is 0 Å². The molecule has 287 valence electrons. The minimum absolute atomic E-state index is 0. The van der Waals surface area contributed by atoms with Crippen molar-refractivity contribution in [2.24, 2.45) is 5.92 Å². The van der Waals surface area contributed by atoms with Crippen molar-refractivity contribution in [1.29, 1.82) is 0 Å². The molecule has 1 radical (unpaired) electrons. The number of aryl methyl sites for hydroxylation is 2. The first-order valence-corrected chi connectivity index (χ1v) is 23.0. The van der Waals surface area contributed by atoms with Gasteiger partial charge in [-0.05, 0) is 82.9 Å². The molecule has 0 atom stereocenters. The van der Waals surface area contributed by atoms with Gasteiger partial charge in [0.05, 0.1) is 24.9 Å². The average Bonchev–Trinajstić information content (AvgIpc) is 3.79. The van der Waals surface area contributed by atoms with E-state index in [1.807, 2.05) is 30.3 Å². The van der Waals surface area contributed by atoms with Crippen LogP contribution in [0.1, 0.15) is 30.5 Å². The van der Waals surface area contributed by atoms with E-state index in [1.54, 1.807) is 0 Å². The van der Waals surface area contributed by atoms with Gasteiger partial charge in [-0.2, -0.15) is 0 Å². The maximum absolute atomic E-state index is 5.95. The first kappa shape index (κ1) is 39.8. The number of rotatable bonds is 7. The van der Waals surface area contributed by atoms with Crippen molar-refractivity contribution in [3.63, 3.8) is 0 Å². The Kier molecular flexibility index (Phi) is 11.6. The van der Waals surface area contributed by atoms with Crippen molar-refractivity contribution >= 4 is 46.0 Å². The molecule has 4 nitrogen and oxygen atoms in total. The molecule has 57 heavy (non-hydrogen) atoms. The smallest absolute Gasteiger partial charge is 0.0798 e. The van der Waals surface area contributed by atoms with Gasteiger partial charge in [-0.3, -0.25) is 4.98 Å². The van der Waals surface area contributed by atoms with Gasteiger partial charge in [0.2, 0.25) is 0 Å². The van der Waals surface area contributed by atoms with E-state index < -0.39 is 8.07 Å². The van der Waals surface area contributed by atoms with Crippen LogP contribution >= 0.6 is 0 Å². The van der Waals surface area contributed by atoms with Crippen LogP contribution in [0.2, 0.25) is 19.6 Å². The maximum atomic E-state index is 5.95. The van der Waals surface area contributed by atoms with E-state index in [0.29, 0.717) is 5.92 Å². The summed E-state index contributed by atoms with van der Waals surface area (Å²) in [6.07, 6.45) is 6.44. The summed E-state index contributed by atoms with van der Waals surface area (Å²) in [6, 6.07) is 49.6. The van der Waals surface area contributed by atoms with Crippen LogP contribution < -0.4 is 5.19 Å². The summed E-state index contributed by atoms with van der Waals surface area (Å²) in [5, 5.41) is 4.86. The fourth-order valence-electron chi connectivity index (χ4n) is 7.89. The van der Waals surface area contributed by atoms with Crippen LogP contribution in [-0.4, -0.2) is 22.6 Å². The third-order valence-electron chi connectivity index (χ3n) is 10.5. The van der Waals surface area contributed by atoms with Crippen LogP contribution in [0.25, 0.3) is 72.2 Å². The quantitative estimate of drug-likeness (QED) is 0.118. The normalized spacial score (nSPS) is 11.5. The minimum atomic E-state index is -1.34. The van der Waals surface area contributed by atoms with E-state index >= 15 is 0 Å². The maximum Gasteiger partial charge on any atom is 0.0798 e. The largest absolute Gasteiger partial charge is 0.557 e. The number of benzene rings is 6. The van der Waals surface area contributed by atoms with Crippen molar-refractivity contribution in [2.75, 3.05) is 0 Å². The number of aromatic nitrogens is 3. The predicted octanol–water partition coefficient (Wildman–Crippen LogP) is 13.0. The Morgan fingerprint density at radius 3 is 2.23 bits per heavy atom. The zero-order valence-corrected chi connectivity index (χ0v) is 37.0. The van der Waals surface area contributed by atoms with Gasteiger partial charge >= 0.3 is 0 Å². The van der Waals surface area contributed by atoms with Crippen LogP contribution in [0.4, 0.5) is 0 Å². The van der Waals surface area contributed by atoms with Gasteiger partial charge in [-0.25, -0.2) is 0 Å². The molecule has 0 saturated heterocycles. The third kappa shape index (κ3) is 8.08. The van der Waals surface area contributed by atoms with Crippen molar-refractivity contribution < 1.29 is 24.5 Å². The Labute approximate surface area is 351 Å². The summed E-state index contributed by atoms with van der Waals surface area (Å²) in [4.78, 5) is 9.78. The Bertz CT molecular complexity index is 2800. The van der Waals surface area contributed by atoms with E-state index in [2.05, 4.69) is 179 Å². The van der Waals surface area contributed by atoms with Gasteiger partial charge in [0, 0.05) is 49.2 Å². The summed E-state index contributed by atoms with van der Waals surface area (Å²) in [6.45, 7) is 16.1. The summed E-state index contributed by atoms with van der Waals surface area (Å²) in [5.41, 5.74) is 13.3. The fraction of sp³-hybridized carbons (Fsp3) is 0.176. The molecule has 0 aliphatic heterocycles. The Morgan fingerprint density at radius 1 is 0.754 bits per heavy atom. The monoisotopic (exact) mass is 938 g/mol. The molecule has 0 amide bonds. The number of nitrogens with zero attached hydrogens (tertiary/aromatic N) is 3. The molecular formula is C51H47IrN3OSi-2. The first-order chi connectivity index (χ1) is 27.1. The number of furan rings is 1. The van der Waals surface area contributed by atoms with E-state index in [4.69, 9.17) is 9.40 Å². The molecule has 0 bridgehead atoms. The van der Waals surface area contributed by atoms with E-state index in [-0.39, 0.29) is 20.1 Å². The number of hydrogen-bond donors (Lipinski definition) is 0. The van der Waals surface area contributed by atoms with Crippen LogP contribution in [0.15, 0.2) is 144 Å². The summed E-state index contributed by atoms with van der Waals surface area (Å²) in [5.74, 6) is 1.49. The van der Waals surface area contributed by atoms with Gasteiger partial charge in [-0.15, -0.1) is 35.9 Å². The summed E-state index contributed by atoms with van der Waals surface area (Å²) < 4.78 is 8.19. The van der Waals surface area contributed by atoms with Crippen molar-refractivity contribution in [2.45, 2.75) is 53.8 Å². The SMILES string of the molecule is CC(C)Cc1cc(-c2[c-]cccc2)ncc1[Si](C)(C)C.Cc1cccc(C)c1-c1ccc2o[c-]c(-c3nc4ccccc4n3-c3cccc4ccccc34)c2c1.[Ir]. The molecule has 6 heteroatoms. The van der Waals surface area contributed by atoms with Gasteiger partial charge in [0.1, 0.15) is 0 Å².